The molecule has 5 aromatic carbocycles. The predicted octanol–water partition coefficient (Wildman–Crippen LogP) is 4.67. The molecular weight excluding hydrogens is 827 g/mol. The summed E-state index contributed by atoms with van der Waals surface area (Å²) in [4.78, 5) is 68.1. The summed E-state index contributed by atoms with van der Waals surface area (Å²) in [5, 5.41) is 17.9. The molecule has 0 saturated heterocycles. The van der Waals surface area contributed by atoms with Crippen molar-refractivity contribution in [3.8, 4) is 44.9 Å². The minimum absolute atomic E-state index is 0.0801. The molecule has 15 nitrogen and oxygen atoms in total. The van der Waals surface area contributed by atoms with Crippen LogP contribution in [0.15, 0.2) is 115 Å². The molecule has 5 aromatic rings. The number of amides is 4. The van der Waals surface area contributed by atoms with Crippen molar-refractivity contribution in [3.63, 3.8) is 0 Å². The van der Waals surface area contributed by atoms with Crippen LogP contribution in [0.2, 0.25) is 0 Å². The average Bonchev–Trinajstić information content (AvgIpc) is 3.32. The van der Waals surface area contributed by atoms with Gasteiger partial charge in [-0.3, -0.25) is 19.2 Å². The molecule has 0 aliphatic carbocycles. The molecule has 6 rings (SSSR count). The Morgan fingerprint density at radius 2 is 1.28 bits per heavy atom. The third-order valence-corrected chi connectivity index (χ3v) is 10.7. The molecule has 0 aromatic heterocycles. The van der Waals surface area contributed by atoms with Crippen LogP contribution >= 0.6 is 0 Å². The highest BCUT2D eigenvalue weighted by Crippen LogP contribution is 2.40. The number of hydrogen-bond donors (Lipinski definition) is 7. The highest BCUT2D eigenvalue weighted by molar-refractivity contribution is 5.98. The summed E-state index contributed by atoms with van der Waals surface area (Å²) >= 11 is 0. The number of carbonyl (C=O) groups excluding carboxylic acids is 4. The smallest absolute Gasteiger partial charge is 0.326 e. The number of fused-ring (bicyclic) bond motifs is 5. The number of nitrogens with zero attached hydrogens (tertiary/aromatic N) is 1. The van der Waals surface area contributed by atoms with E-state index in [0.717, 1.165) is 28.8 Å². The van der Waals surface area contributed by atoms with Gasteiger partial charge in [0.2, 0.25) is 17.7 Å². The maximum absolute atomic E-state index is 14.2. The zero-order chi connectivity index (χ0) is 46.9. The van der Waals surface area contributed by atoms with Gasteiger partial charge in [0.1, 0.15) is 42.8 Å². The van der Waals surface area contributed by atoms with E-state index in [1.54, 1.807) is 48.5 Å². The van der Waals surface area contributed by atoms with Crippen LogP contribution in [0, 0.1) is 0 Å². The van der Waals surface area contributed by atoms with E-state index >= 15 is 0 Å². The van der Waals surface area contributed by atoms with Gasteiger partial charge in [-0.1, -0.05) is 92.2 Å². The highest BCUT2D eigenvalue weighted by atomic mass is 16.5. The number of benzene rings is 5. The van der Waals surface area contributed by atoms with Crippen molar-refractivity contribution in [1.82, 2.24) is 20.9 Å². The molecule has 1 aliphatic rings. The summed E-state index contributed by atoms with van der Waals surface area (Å²) in [6, 6.07) is 31.4. The lowest BCUT2D eigenvalue weighted by atomic mass is 9.93. The fourth-order valence-corrected chi connectivity index (χ4v) is 7.10. The summed E-state index contributed by atoms with van der Waals surface area (Å²) in [5.74, 6) is -3.06. The topological polar surface area (TPSA) is 241 Å². The predicted molar refractivity (Wildman–Crippen MR) is 251 cm³/mol. The number of likely N-dealkylation sites (N-methyl/N-ethyl adjacent to an activating group) is 1. The molecule has 3 atom stereocenters. The maximum atomic E-state index is 14.2. The molecule has 3 unspecified atom stereocenters. The number of unbranched alkanes of at least 4 members (excludes halogenated alkanes) is 1. The van der Waals surface area contributed by atoms with Crippen molar-refractivity contribution < 1.29 is 38.6 Å². The normalized spacial score (nSPS) is 15.8. The Bertz CT molecular complexity index is 2390. The van der Waals surface area contributed by atoms with Crippen LogP contribution in [0.5, 0.6) is 11.5 Å². The van der Waals surface area contributed by atoms with Crippen molar-refractivity contribution in [1.29, 1.82) is 0 Å². The molecule has 4 amide bonds. The largest absolute Gasteiger partial charge is 0.492 e. The van der Waals surface area contributed by atoms with Crippen LogP contribution in [0.1, 0.15) is 54.2 Å². The van der Waals surface area contributed by atoms with Crippen LogP contribution < -0.4 is 42.6 Å². The number of carbonyl (C=O) groups is 5. The number of nitrogens with one attached hydrogen (secondary N) is 3. The Balaban J connectivity index is 0.00000150. The molecule has 15 heteroatoms. The third kappa shape index (κ3) is 13.2. The Labute approximate surface area is 379 Å². The van der Waals surface area contributed by atoms with Gasteiger partial charge in [-0.15, -0.1) is 0 Å². The van der Waals surface area contributed by atoms with Gasteiger partial charge >= 0.3 is 5.97 Å². The van der Waals surface area contributed by atoms with E-state index in [1.165, 1.54) is 31.7 Å². The van der Waals surface area contributed by atoms with Crippen molar-refractivity contribution in [2.45, 2.75) is 51.2 Å². The molecule has 342 valence electrons. The number of hydrogen-bond acceptors (Lipinski definition) is 10. The summed E-state index contributed by atoms with van der Waals surface area (Å²) in [7, 11) is 1.42. The first-order valence-electron chi connectivity index (χ1n) is 21.6. The fraction of sp³-hybridized carbons (Fsp3) is 0.300. The van der Waals surface area contributed by atoms with Gasteiger partial charge in [0.15, 0.2) is 0 Å². The third-order valence-electron chi connectivity index (χ3n) is 10.7. The SMILES string of the molecule is CC1NC(=O)C(N(C)C(=O)CNC(=O)c2ccc(-c3ccc(-c4ccccc4)cc3)cc2)c2ccc(OCCN)c(c2)-c2cc(ccc2OCCN)CC(C(=O)O)NC1=O.CCCCN. The van der Waals surface area contributed by atoms with Gasteiger partial charge in [-0.2, -0.15) is 0 Å². The van der Waals surface area contributed by atoms with E-state index in [0.29, 0.717) is 39.3 Å². The monoisotopic (exact) mass is 885 g/mol. The first-order chi connectivity index (χ1) is 31.4. The average molecular weight is 886 g/mol. The van der Waals surface area contributed by atoms with Crippen LogP contribution in [0.25, 0.3) is 33.4 Å². The number of rotatable bonds is 15. The lowest BCUT2D eigenvalue weighted by Crippen LogP contribution is -2.53. The second-order valence-electron chi connectivity index (χ2n) is 15.4. The van der Waals surface area contributed by atoms with E-state index < -0.39 is 54.3 Å². The minimum Gasteiger partial charge on any atom is -0.492 e. The van der Waals surface area contributed by atoms with E-state index in [1.807, 2.05) is 66.7 Å². The Hall–Kier alpha value is -7.07. The van der Waals surface area contributed by atoms with Gasteiger partial charge in [-0.05, 0) is 89.7 Å². The molecule has 1 aliphatic heterocycles. The Kier molecular flexibility index (Phi) is 18.2. The molecule has 0 spiro atoms. The number of ether oxygens (including phenoxy) is 2. The standard InChI is InChI=1S/C46H48N6O8.C4H11N/c1-28-43(54)51-38(46(57)58)25-29-8-18-39(59-22-20-47)36(24-29)37-26-35(17-19-40(37)60-23-21-48)42(45(56)50-28)52(2)41(53)27-49-44(55)34-15-13-33(14-16-34)32-11-9-31(10-12-32)30-6-4-3-5-7-30;1-2-3-4-5/h3-19,24,26,28,38,42H,20-23,25,27,47-48H2,1-2H3,(H,49,55)(H,50,56)(H,51,54)(H,57,58);2-5H2,1H3. The minimum atomic E-state index is -1.34. The number of carboxylic acid groups (broad SMARTS) is 1. The molecule has 0 fully saturated rings. The molecule has 65 heavy (non-hydrogen) atoms. The van der Waals surface area contributed by atoms with Gasteiger partial charge in [-0.25, -0.2) is 4.79 Å². The lowest BCUT2D eigenvalue weighted by molar-refractivity contribution is -0.142. The van der Waals surface area contributed by atoms with E-state index in [9.17, 15) is 29.1 Å². The number of carboxylic acids is 1. The van der Waals surface area contributed by atoms with Crippen LogP contribution in [0.4, 0.5) is 0 Å². The zero-order valence-electron chi connectivity index (χ0n) is 37.0. The van der Waals surface area contributed by atoms with Gasteiger partial charge < -0.3 is 52.6 Å². The highest BCUT2D eigenvalue weighted by Gasteiger charge is 2.33. The second kappa shape index (κ2) is 24.1. The quantitative estimate of drug-likeness (QED) is 0.0763. The van der Waals surface area contributed by atoms with Crippen LogP contribution in [0.3, 0.4) is 0 Å². The number of aliphatic carboxylic acids is 1. The summed E-state index contributed by atoms with van der Waals surface area (Å²) in [5.41, 5.74) is 23.0. The van der Waals surface area contributed by atoms with E-state index in [-0.39, 0.29) is 32.7 Å². The summed E-state index contributed by atoms with van der Waals surface area (Å²) in [6.45, 7) is 4.67. The van der Waals surface area contributed by atoms with E-state index in [2.05, 4.69) is 22.9 Å². The Morgan fingerprint density at radius 3 is 1.82 bits per heavy atom. The molecule has 0 radical (unpaired) electrons. The summed E-state index contributed by atoms with van der Waals surface area (Å²) in [6.07, 6.45) is 2.31. The van der Waals surface area contributed by atoms with Crippen molar-refractivity contribution in [3.05, 3.63) is 132 Å². The molecule has 10 N–H and O–H groups in total. The first kappa shape index (κ1) is 49.0. The molecular formula is C50H59N7O8. The lowest BCUT2D eigenvalue weighted by Gasteiger charge is -2.30. The van der Waals surface area contributed by atoms with Crippen LogP contribution in [-0.4, -0.2) is 98.1 Å². The van der Waals surface area contributed by atoms with Crippen LogP contribution in [-0.2, 0) is 25.6 Å². The molecule has 4 bridgehead atoms. The first-order valence-corrected chi connectivity index (χ1v) is 21.6. The number of nitrogens with two attached hydrogens (primary N) is 3. The van der Waals surface area contributed by atoms with Gasteiger partial charge in [0.05, 0.1) is 6.54 Å². The summed E-state index contributed by atoms with van der Waals surface area (Å²) < 4.78 is 12.0. The maximum Gasteiger partial charge on any atom is 0.326 e. The van der Waals surface area contributed by atoms with Crippen molar-refractivity contribution in [2.24, 2.45) is 17.2 Å². The van der Waals surface area contributed by atoms with Gasteiger partial charge in [0.25, 0.3) is 5.91 Å². The van der Waals surface area contributed by atoms with Gasteiger partial charge in [0, 0.05) is 43.2 Å². The molecule has 1 heterocycles. The van der Waals surface area contributed by atoms with Crippen molar-refractivity contribution >= 4 is 29.6 Å². The Morgan fingerprint density at radius 1 is 0.723 bits per heavy atom. The zero-order valence-corrected chi connectivity index (χ0v) is 37.0. The second-order valence-corrected chi connectivity index (χ2v) is 15.4. The van der Waals surface area contributed by atoms with Crippen molar-refractivity contribution in [2.75, 3.05) is 46.4 Å². The molecule has 0 saturated carbocycles. The van der Waals surface area contributed by atoms with E-state index in [4.69, 9.17) is 26.7 Å². The fourth-order valence-electron chi connectivity index (χ4n) is 7.10.